The van der Waals surface area contributed by atoms with Crippen LogP contribution in [0.1, 0.15) is 22.3 Å². The first-order chi connectivity index (χ1) is 17.8. The Hall–Kier alpha value is -3.17. The number of piperazine rings is 1. The fourth-order valence-electron chi connectivity index (χ4n) is 4.12. The molecule has 0 amide bonds. The highest BCUT2D eigenvalue weighted by Crippen LogP contribution is 2.25. The Balaban J connectivity index is 1.41. The molecule has 9 heteroatoms. The summed E-state index contributed by atoms with van der Waals surface area (Å²) in [6.07, 6.45) is 1.53. The smallest absolute Gasteiger partial charge is 0.307 e. The predicted octanol–water partition coefficient (Wildman–Crippen LogP) is 4.66. The highest BCUT2D eigenvalue weighted by molar-refractivity contribution is 7.92. The van der Waals surface area contributed by atoms with Crippen LogP contribution in [0, 0.1) is 0 Å². The SMILES string of the molecule is O=C(O)Cc1ccc(OCc2ccc(Cl)cc2)c(CN2CCN(S(=O)(=O)/C=C/c3ccccc3)CC2)c1. The second-order valence-corrected chi connectivity index (χ2v) is 11.1. The van der Waals surface area contributed by atoms with Crippen molar-refractivity contribution in [2.75, 3.05) is 26.2 Å². The van der Waals surface area contributed by atoms with Crippen LogP contribution in [0.2, 0.25) is 5.02 Å². The predicted molar refractivity (Wildman–Crippen MR) is 145 cm³/mol. The summed E-state index contributed by atoms with van der Waals surface area (Å²) in [7, 11) is -3.52. The summed E-state index contributed by atoms with van der Waals surface area (Å²) < 4.78 is 33.2. The second kappa shape index (κ2) is 12.4. The molecule has 0 aliphatic carbocycles. The lowest BCUT2D eigenvalue weighted by atomic mass is 10.1. The Labute approximate surface area is 222 Å². The summed E-state index contributed by atoms with van der Waals surface area (Å²) in [4.78, 5) is 13.4. The first-order valence-electron chi connectivity index (χ1n) is 11.9. The monoisotopic (exact) mass is 540 g/mol. The van der Waals surface area contributed by atoms with Crippen molar-refractivity contribution >= 4 is 33.7 Å². The number of sulfonamides is 1. The summed E-state index contributed by atoms with van der Waals surface area (Å²) in [6, 6.07) is 22.2. The maximum absolute atomic E-state index is 12.8. The molecule has 1 saturated heterocycles. The van der Waals surface area contributed by atoms with E-state index in [1.807, 2.05) is 48.5 Å². The summed E-state index contributed by atoms with van der Waals surface area (Å²) in [5, 5.41) is 11.1. The number of carbonyl (C=O) groups is 1. The van der Waals surface area contributed by atoms with Crippen molar-refractivity contribution < 1.29 is 23.1 Å². The maximum atomic E-state index is 12.8. The highest BCUT2D eigenvalue weighted by atomic mass is 35.5. The molecule has 1 N–H and O–H groups in total. The third-order valence-electron chi connectivity index (χ3n) is 6.10. The highest BCUT2D eigenvalue weighted by Gasteiger charge is 2.25. The summed E-state index contributed by atoms with van der Waals surface area (Å²) in [6.45, 7) is 2.73. The molecule has 3 aromatic carbocycles. The molecule has 7 nitrogen and oxygen atoms in total. The van der Waals surface area contributed by atoms with Crippen LogP contribution >= 0.6 is 11.6 Å². The molecule has 1 aliphatic heterocycles. The quantitative estimate of drug-likeness (QED) is 0.402. The summed E-state index contributed by atoms with van der Waals surface area (Å²) >= 11 is 5.97. The molecule has 3 aromatic rings. The third-order valence-corrected chi connectivity index (χ3v) is 7.92. The third kappa shape index (κ3) is 7.90. The van der Waals surface area contributed by atoms with Crippen LogP contribution in [0.5, 0.6) is 5.75 Å². The van der Waals surface area contributed by atoms with Gasteiger partial charge in [0.1, 0.15) is 12.4 Å². The molecule has 0 unspecified atom stereocenters. The van der Waals surface area contributed by atoms with Crippen LogP contribution in [0.4, 0.5) is 0 Å². The van der Waals surface area contributed by atoms with Crippen molar-refractivity contribution in [2.45, 2.75) is 19.6 Å². The molecule has 0 radical (unpaired) electrons. The molecular weight excluding hydrogens is 512 g/mol. The van der Waals surface area contributed by atoms with E-state index in [4.69, 9.17) is 16.3 Å². The Morgan fingerprint density at radius 1 is 0.946 bits per heavy atom. The lowest BCUT2D eigenvalue weighted by Crippen LogP contribution is -2.47. The molecule has 1 aliphatic rings. The molecule has 1 fully saturated rings. The molecular formula is C28H29ClN2O5S. The van der Waals surface area contributed by atoms with Crippen LogP contribution < -0.4 is 4.74 Å². The standard InChI is InChI=1S/C28H29ClN2O5S/c29-26-9-6-23(7-10-26)21-36-27-11-8-24(19-28(32)33)18-25(27)20-30-13-15-31(16-14-30)37(34,35)17-12-22-4-2-1-3-5-22/h1-12,17-18H,13-16,19-21H2,(H,32,33)/b17-12+. The topological polar surface area (TPSA) is 87.2 Å². The van der Waals surface area contributed by atoms with E-state index in [1.54, 1.807) is 30.3 Å². The average Bonchev–Trinajstić information content (AvgIpc) is 2.89. The van der Waals surface area contributed by atoms with Gasteiger partial charge in [-0.25, -0.2) is 8.42 Å². The van der Waals surface area contributed by atoms with E-state index >= 15 is 0 Å². The number of benzene rings is 3. The van der Waals surface area contributed by atoms with Crippen molar-refractivity contribution in [3.05, 3.63) is 105 Å². The van der Waals surface area contributed by atoms with Gasteiger partial charge in [0.15, 0.2) is 0 Å². The fourth-order valence-corrected chi connectivity index (χ4v) is 5.42. The van der Waals surface area contributed by atoms with E-state index in [-0.39, 0.29) is 6.42 Å². The maximum Gasteiger partial charge on any atom is 0.307 e. The molecule has 4 rings (SSSR count). The van der Waals surface area contributed by atoms with Crippen LogP contribution in [0.3, 0.4) is 0 Å². The number of halogens is 1. The number of rotatable bonds is 10. The van der Waals surface area contributed by atoms with Crippen molar-refractivity contribution in [3.63, 3.8) is 0 Å². The Kier molecular flexibility index (Phi) is 9.00. The molecule has 37 heavy (non-hydrogen) atoms. The van der Waals surface area contributed by atoms with Gasteiger partial charge in [0.2, 0.25) is 10.0 Å². The number of carboxylic acid groups (broad SMARTS) is 1. The lowest BCUT2D eigenvalue weighted by molar-refractivity contribution is -0.136. The van der Waals surface area contributed by atoms with Crippen LogP contribution in [0.25, 0.3) is 6.08 Å². The van der Waals surface area contributed by atoms with Crippen LogP contribution in [-0.4, -0.2) is 54.9 Å². The number of carboxylic acids is 1. The Morgan fingerprint density at radius 3 is 2.30 bits per heavy atom. The molecule has 0 aromatic heterocycles. The number of hydrogen-bond donors (Lipinski definition) is 1. The van der Waals surface area contributed by atoms with Crippen molar-refractivity contribution in [2.24, 2.45) is 0 Å². The van der Waals surface area contributed by atoms with Gasteiger partial charge in [-0.3, -0.25) is 9.69 Å². The van der Waals surface area contributed by atoms with E-state index in [9.17, 15) is 18.3 Å². The van der Waals surface area contributed by atoms with Crippen molar-refractivity contribution in [1.29, 1.82) is 0 Å². The fraction of sp³-hybridized carbons (Fsp3) is 0.250. The minimum absolute atomic E-state index is 0.0791. The number of nitrogens with zero attached hydrogens (tertiary/aromatic N) is 2. The minimum Gasteiger partial charge on any atom is -0.489 e. The molecule has 0 bridgehead atoms. The minimum atomic E-state index is -3.52. The van der Waals surface area contributed by atoms with E-state index in [0.29, 0.717) is 55.7 Å². The van der Waals surface area contributed by atoms with Gasteiger partial charge in [0.25, 0.3) is 0 Å². The molecule has 0 spiro atoms. The number of aliphatic carboxylic acids is 1. The van der Waals surface area contributed by atoms with Gasteiger partial charge in [-0.15, -0.1) is 0 Å². The Bertz CT molecular complexity index is 1340. The summed E-state index contributed by atoms with van der Waals surface area (Å²) in [5.74, 6) is -0.229. The molecule has 0 saturated carbocycles. The van der Waals surface area contributed by atoms with Gasteiger partial charge in [0.05, 0.1) is 6.42 Å². The van der Waals surface area contributed by atoms with Crippen molar-refractivity contribution in [1.82, 2.24) is 9.21 Å². The van der Waals surface area contributed by atoms with Gasteiger partial charge in [-0.1, -0.05) is 66.2 Å². The van der Waals surface area contributed by atoms with Gasteiger partial charge in [-0.05, 0) is 41.0 Å². The van der Waals surface area contributed by atoms with E-state index in [2.05, 4.69) is 4.90 Å². The lowest BCUT2D eigenvalue weighted by Gasteiger charge is -2.33. The van der Waals surface area contributed by atoms with Gasteiger partial charge >= 0.3 is 5.97 Å². The van der Waals surface area contributed by atoms with E-state index in [1.165, 1.54) is 9.71 Å². The van der Waals surface area contributed by atoms with Gasteiger partial charge in [-0.2, -0.15) is 4.31 Å². The van der Waals surface area contributed by atoms with Crippen LogP contribution in [-0.2, 0) is 34.4 Å². The number of hydrogen-bond acceptors (Lipinski definition) is 5. The number of ether oxygens (including phenoxy) is 1. The van der Waals surface area contributed by atoms with E-state index in [0.717, 1.165) is 16.7 Å². The zero-order valence-corrected chi connectivity index (χ0v) is 21.9. The Morgan fingerprint density at radius 2 is 1.62 bits per heavy atom. The molecule has 194 valence electrons. The van der Waals surface area contributed by atoms with Crippen molar-refractivity contribution in [3.8, 4) is 5.75 Å². The summed E-state index contributed by atoms with van der Waals surface area (Å²) in [5.41, 5.74) is 3.35. The second-order valence-electron chi connectivity index (χ2n) is 8.86. The van der Waals surface area contributed by atoms with Gasteiger partial charge in [0, 0.05) is 48.7 Å². The van der Waals surface area contributed by atoms with Crippen LogP contribution in [0.15, 0.2) is 78.2 Å². The van der Waals surface area contributed by atoms with Gasteiger partial charge < -0.3 is 9.84 Å². The first-order valence-corrected chi connectivity index (χ1v) is 13.8. The zero-order valence-electron chi connectivity index (χ0n) is 20.3. The average molecular weight is 541 g/mol. The van der Waals surface area contributed by atoms with E-state index < -0.39 is 16.0 Å². The normalized spacial score (nSPS) is 15.2. The molecule has 0 atom stereocenters. The zero-order chi connectivity index (χ0) is 26.3. The first kappa shape index (κ1) is 26.9. The largest absolute Gasteiger partial charge is 0.489 e. The molecule has 1 heterocycles.